The maximum atomic E-state index is 12.6. The lowest BCUT2D eigenvalue weighted by Gasteiger charge is -2.07. The number of aryl methyl sites for hydroxylation is 1. The monoisotopic (exact) mass is 357 g/mol. The van der Waals surface area contributed by atoms with Gasteiger partial charge in [0.1, 0.15) is 0 Å². The molecule has 24 heavy (non-hydrogen) atoms. The summed E-state index contributed by atoms with van der Waals surface area (Å²) in [7, 11) is 0. The Morgan fingerprint density at radius 2 is 2.38 bits per heavy atom. The van der Waals surface area contributed by atoms with Crippen molar-refractivity contribution in [2.45, 2.75) is 13.5 Å². The van der Waals surface area contributed by atoms with Crippen molar-refractivity contribution in [3.63, 3.8) is 0 Å². The number of nitrogens with zero attached hydrogens (tertiary/aromatic N) is 4. The van der Waals surface area contributed by atoms with Crippen LogP contribution in [0.4, 0.5) is 0 Å². The summed E-state index contributed by atoms with van der Waals surface area (Å²) < 4.78 is 1.84. The van der Waals surface area contributed by atoms with Crippen LogP contribution in [0.1, 0.15) is 20.9 Å². The highest BCUT2D eigenvalue weighted by molar-refractivity contribution is 8.14. The molecule has 0 aromatic carbocycles. The summed E-state index contributed by atoms with van der Waals surface area (Å²) in [4.78, 5) is 22.7. The number of thioether (sulfide) groups is 1. The van der Waals surface area contributed by atoms with Gasteiger partial charge in [-0.05, 0) is 24.4 Å². The topological polar surface area (TPSA) is 72.2 Å². The van der Waals surface area contributed by atoms with Gasteiger partial charge in [-0.3, -0.25) is 9.79 Å². The number of amidine groups is 1. The fourth-order valence-corrected chi connectivity index (χ4v) is 4.01. The minimum atomic E-state index is -0.158. The van der Waals surface area contributed by atoms with E-state index < -0.39 is 0 Å². The van der Waals surface area contributed by atoms with E-state index in [1.165, 1.54) is 4.88 Å². The summed E-state index contributed by atoms with van der Waals surface area (Å²) in [5, 5.41) is 10.8. The van der Waals surface area contributed by atoms with E-state index in [1.807, 2.05) is 23.1 Å². The summed E-state index contributed by atoms with van der Waals surface area (Å²) in [6.07, 6.45) is 1.72. The van der Waals surface area contributed by atoms with Crippen molar-refractivity contribution in [3.8, 4) is 0 Å². The quantitative estimate of drug-likeness (QED) is 0.782. The number of carbonyl (C=O) groups excluding carboxylic acids is 1. The number of fused-ring (bicyclic) bond motifs is 1. The van der Waals surface area contributed by atoms with Gasteiger partial charge in [-0.2, -0.15) is 5.10 Å². The fraction of sp³-hybridized carbons (Fsp3) is 0.250. The zero-order valence-electron chi connectivity index (χ0n) is 13.0. The van der Waals surface area contributed by atoms with Gasteiger partial charge in [0.05, 0.1) is 30.2 Å². The number of hydrogen-bond donors (Lipinski definition) is 1. The van der Waals surface area contributed by atoms with E-state index in [4.69, 9.17) is 0 Å². The Labute approximate surface area is 147 Å². The second-order valence-corrected chi connectivity index (χ2v) is 7.54. The molecule has 0 bridgehead atoms. The van der Waals surface area contributed by atoms with Gasteiger partial charge in [-0.25, -0.2) is 9.67 Å². The molecular formula is C16H15N5OS2. The maximum Gasteiger partial charge on any atom is 0.258 e. The van der Waals surface area contributed by atoms with Crippen molar-refractivity contribution in [1.82, 2.24) is 20.1 Å². The Kier molecular flexibility index (Phi) is 4.07. The standard InChI is InChI=1S/C16H15N5OS2/c1-10-7-12(15(22)20-16-17-4-6-24-16)13-8-18-21(14(13)19-10)9-11-3-2-5-23-11/h2-3,5,7-8H,4,6,9H2,1H3,(H,17,20,22). The number of thiophene rings is 1. The van der Waals surface area contributed by atoms with Crippen LogP contribution in [-0.2, 0) is 6.54 Å². The van der Waals surface area contributed by atoms with E-state index in [-0.39, 0.29) is 5.91 Å². The number of aliphatic imine (C=N–C) groups is 1. The molecule has 8 heteroatoms. The zero-order chi connectivity index (χ0) is 16.5. The lowest BCUT2D eigenvalue weighted by Crippen LogP contribution is -2.27. The molecule has 0 radical (unpaired) electrons. The average molecular weight is 357 g/mol. The minimum absolute atomic E-state index is 0.158. The van der Waals surface area contributed by atoms with Crippen LogP contribution in [0, 0.1) is 6.92 Å². The van der Waals surface area contributed by atoms with Crippen LogP contribution in [0.2, 0.25) is 0 Å². The van der Waals surface area contributed by atoms with Crippen molar-refractivity contribution in [1.29, 1.82) is 0 Å². The van der Waals surface area contributed by atoms with Crippen molar-refractivity contribution in [3.05, 3.63) is 45.9 Å². The second-order valence-electron chi connectivity index (χ2n) is 5.42. The van der Waals surface area contributed by atoms with E-state index in [9.17, 15) is 4.79 Å². The highest BCUT2D eigenvalue weighted by Gasteiger charge is 2.18. The van der Waals surface area contributed by atoms with Gasteiger partial charge < -0.3 is 5.32 Å². The Morgan fingerprint density at radius 3 is 3.12 bits per heavy atom. The summed E-state index contributed by atoms with van der Waals surface area (Å²) >= 11 is 3.25. The van der Waals surface area contributed by atoms with Crippen molar-refractivity contribution in [2.75, 3.05) is 12.3 Å². The number of nitrogens with one attached hydrogen (secondary N) is 1. The molecule has 1 aliphatic rings. The number of amides is 1. The number of aromatic nitrogens is 3. The van der Waals surface area contributed by atoms with Crippen LogP contribution < -0.4 is 5.32 Å². The van der Waals surface area contributed by atoms with E-state index in [0.717, 1.165) is 29.0 Å². The van der Waals surface area contributed by atoms with Gasteiger partial charge in [0, 0.05) is 16.3 Å². The Bertz CT molecular complexity index is 930. The summed E-state index contributed by atoms with van der Waals surface area (Å²) in [6, 6.07) is 5.88. The largest absolute Gasteiger partial charge is 0.301 e. The number of hydrogen-bond acceptors (Lipinski definition) is 6. The Morgan fingerprint density at radius 1 is 1.46 bits per heavy atom. The number of carbonyl (C=O) groups is 1. The second kappa shape index (κ2) is 6.37. The number of pyridine rings is 1. The molecule has 1 N–H and O–H groups in total. The molecule has 4 heterocycles. The third-order valence-corrected chi connectivity index (χ3v) is 5.43. The first kappa shape index (κ1) is 15.3. The number of rotatable bonds is 3. The van der Waals surface area contributed by atoms with Crippen LogP contribution in [0.3, 0.4) is 0 Å². The third-order valence-electron chi connectivity index (χ3n) is 3.67. The molecule has 0 atom stereocenters. The van der Waals surface area contributed by atoms with Crippen LogP contribution in [-0.4, -0.2) is 38.1 Å². The van der Waals surface area contributed by atoms with E-state index in [1.54, 1.807) is 35.4 Å². The minimum Gasteiger partial charge on any atom is -0.301 e. The molecule has 3 aromatic heterocycles. The van der Waals surface area contributed by atoms with Gasteiger partial charge in [0.15, 0.2) is 10.8 Å². The first-order valence-corrected chi connectivity index (χ1v) is 9.41. The van der Waals surface area contributed by atoms with Gasteiger partial charge in [-0.15, -0.1) is 11.3 Å². The van der Waals surface area contributed by atoms with Gasteiger partial charge in [-0.1, -0.05) is 17.8 Å². The van der Waals surface area contributed by atoms with E-state index >= 15 is 0 Å². The maximum absolute atomic E-state index is 12.6. The molecule has 0 saturated heterocycles. The van der Waals surface area contributed by atoms with Crippen LogP contribution in [0.25, 0.3) is 11.0 Å². The van der Waals surface area contributed by atoms with Crippen LogP contribution in [0.5, 0.6) is 0 Å². The molecule has 0 saturated carbocycles. The van der Waals surface area contributed by atoms with Crippen molar-refractivity contribution >= 4 is 45.2 Å². The molecule has 122 valence electrons. The zero-order valence-corrected chi connectivity index (χ0v) is 14.7. The predicted molar refractivity (Wildman–Crippen MR) is 97.9 cm³/mol. The average Bonchev–Trinajstić information content (AvgIpc) is 3.30. The van der Waals surface area contributed by atoms with Gasteiger partial charge in [0.25, 0.3) is 5.91 Å². The molecule has 0 unspecified atom stereocenters. The highest BCUT2D eigenvalue weighted by Crippen LogP contribution is 2.21. The third kappa shape index (κ3) is 2.94. The van der Waals surface area contributed by atoms with E-state index in [2.05, 4.69) is 26.5 Å². The molecular weight excluding hydrogens is 342 g/mol. The molecule has 0 aliphatic carbocycles. The summed E-state index contributed by atoms with van der Waals surface area (Å²) in [5.74, 6) is 0.758. The normalized spacial score (nSPS) is 14.1. The van der Waals surface area contributed by atoms with Gasteiger partial charge in [0.2, 0.25) is 0 Å². The molecule has 6 nitrogen and oxygen atoms in total. The molecule has 3 aromatic rings. The van der Waals surface area contributed by atoms with Crippen LogP contribution >= 0.6 is 23.1 Å². The lowest BCUT2D eigenvalue weighted by molar-refractivity contribution is 0.0979. The SMILES string of the molecule is Cc1cc(C(=O)NC2=NCCS2)c2cnn(Cc3cccs3)c2n1. The smallest absolute Gasteiger partial charge is 0.258 e. The molecule has 1 aliphatic heterocycles. The first-order chi connectivity index (χ1) is 11.7. The lowest BCUT2D eigenvalue weighted by atomic mass is 10.1. The molecule has 1 amide bonds. The van der Waals surface area contributed by atoms with E-state index in [0.29, 0.717) is 17.3 Å². The highest BCUT2D eigenvalue weighted by atomic mass is 32.2. The van der Waals surface area contributed by atoms with Crippen molar-refractivity contribution < 1.29 is 4.79 Å². The molecule has 0 spiro atoms. The van der Waals surface area contributed by atoms with Crippen LogP contribution in [0.15, 0.2) is 34.8 Å². The Balaban J connectivity index is 1.70. The summed E-state index contributed by atoms with van der Waals surface area (Å²) in [5.41, 5.74) is 2.11. The van der Waals surface area contributed by atoms with Crippen molar-refractivity contribution in [2.24, 2.45) is 4.99 Å². The van der Waals surface area contributed by atoms with Gasteiger partial charge >= 0.3 is 0 Å². The molecule has 0 fully saturated rings. The Hall–Kier alpha value is -2.19. The first-order valence-electron chi connectivity index (χ1n) is 7.55. The molecule has 4 rings (SSSR count). The summed E-state index contributed by atoms with van der Waals surface area (Å²) in [6.45, 7) is 3.30. The predicted octanol–water partition coefficient (Wildman–Crippen LogP) is 2.68. The fourth-order valence-electron chi connectivity index (χ4n) is 2.60.